The molecule has 9 heavy (non-hydrogen) atoms. The van der Waals surface area contributed by atoms with Gasteiger partial charge in [0.05, 0.1) is 10.4 Å². The molecule has 50 valence electrons. The second kappa shape index (κ2) is 2.54. The fourth-order valence-electron chi connectivity index (χ4n) is 0.542. The van der Waals surface area contributed by atoms with Gasteiger partial charge in [-0.1, -0.05) is 11.8 Å². The van der Waals surface area contributed by atoms with E-state index < -0.39 is 0 Å². The van der Waals surface area contributed by atoms with Crippen molar-refractivity contribution in [3.8, 4) is 0 Å². The Kier molecular flexibility index (Phi) is 1.93. The van der Waals surface area contributed by atoms with E-state index in [2.05, 4.69) is 17.2 Å². The highest BCUT2D eigenvalue weighted by atomic mass is 32.2. The summed E-state index contributed by atoms with van der Waals surface area (Å²) >= 11 is 1.68. The van der Waals surface area contributed by atoms with Gasteiger partial charge in [0, 0.05) is 6.20 Å². The zero-order valence-corrected chi connectivity index (χ0v) is 6.40. The zero-order chi connectivity index (χ0) is 6.74. The van der Waals surface area contributed by atoms with E-state index in [4.69, 9.17) is 0 Å². The molecule has 0 fully saturated rings. The number of rotatable bonds is 1. The molecular weight excluding hydrogens is 132 g/mol. The summed E-state index contributed by atoms with van der Waals surface area (Å²) in [6.07, 6.45) is 3.85. The first-order chi connectivity index (χ1) is 4.27. The molecule has 1 aliphatic heterocycles. The third-order valence-corrected chi connectivity index (χ3v) is 2.39. The van der Waals surface area contributed by atoms with E-state index in [-0.39, 0.29) is 4.87 Å². The lowest BCUT2D eigenvalue weighted by Crippen LogP contribution is -2.34. The van der Waals surface area contributed by atoms with Crippen LogP contribution in [0.15, 0.2) is 17.3 Å². The molecule has 0 aromatic heterocycles. The van der Waals surface area contributed by atoms with Crippen LogP contribution in [-0.4, -0.2) is 17.5 Å². The molecule has 0 radical (unpaired) electrons. The Morgan fingerprint density at radius 1 is 1.67 bits per heavy atom. The minimum Gasteiger partial charge on any atom is -0.303 e. The number of aliphatic imine (C=N–C) groups is 1. The maximum Gasteiger partial charge on any atom is 0.0874 e. The van der Waals surface area contributed by atoms with Gasteiger partial charge >= 0.3 is 0 Å². The molecule has 0 aromatic carbocycles. The Morgan fingerprint density at radius 3 is 2.78 bits per heavy atom. The van der Waals surface area contributed by atoms with Crippen LogP contribution in [-0.2, 0) is 0 Å². The zero-order valence-electron chi connectivity index (χ0n) is 5.59. The van der Waals surface area contributed by atoms with E-state index in [1.54, 1.807) is 11.8 Å². The molecule has 0 saturated heterocycles. The van der Waals surface area contributed by atoms with Crippen molar-refractivity contribution in [1.82, 2.24) is 5.32 Å². The van der Waals surface area contributed by atoms with Gasteiger partial charge < -0.3 is 5.32 Å². The topological polar surface area (TPSA) is 24.4 Å². The maximum absolute atomic E-state index is 3.94. The summed E-state index contributed by atoms with van der Waals surface area (Å²) in [6, 6.07) is 0. The van der Waals surface area contributed by atoms with Crippen molar-refractivity contribution in [2.45, 2.75) is 11.8 Å². The van der Waals surface area contributed by atoms with Gasteiger partial charge in [0.2, 0.25) is 0 Å². The third kappa shape index (κ3) is 1.56. The highest BCUT2D eigenvalue weighted by molar-refractivity contribution is 8.13. The summed E-state index contributed by atoms with van der Waals surface area (Å²) < 4.78 is 0. The second-order valence-electron chi connectivity index (χ2n) is 2.05. The minimum absolute atomic E-state index is 0.0573. The van der Waals surface area contributed by atoms with Gasteiger partial charge in [0.1, 0.15) is 0 Å². The average Bonchev–Trinajstić information content (AvgIpc) is 1.90. The Balaban J connectivity index is 2.63. The first kappa shape index (κ1) is 6.83. The standard InChI is InChI=1S/C6H10N2S/c1-6(7-2)3-4-8-5-9-6/h3-5,7H,1-2H3. The third-order valence-electron chi connectivity index (χ3n) is 1.33. The Labute approximate surface area is 59.4 Å². The molecule has 0 amide bonds. The molecule has 1 atom stereocenters. The van der Waals surface area contributed by atoms with E-state index in [9.17, 15) is 0 Å². The molecule has 0 bridgehead atoms. The van der Waals surface area contributed by atoms with Crippen LogP contribution in [0.25, 0.3) is 0 Å². The van der Waals surface area contributed by atoms with Gasteiger partial charge in [0.15, 0.2) is 0 Å². The molecule has 2 nitrogen and oxygen atoms in total. The minimum atomic E-state index is 0.0573. The van der Waals surface area contributed by atoms with Gasteiger partial charge in [-0.15, -0.1) is 0 Å². The summed E-state index contributed by atoms with van der Waals surface area (Å²) in [5, 5.41) is 3.17. The van der Waals surface area contributed by atoms with Crippen LogP contribution in [0.4, 0.5) is 0 Å². The fraction of sp³-hybridized carbons (Fsp3) is 0.500. The molecule has 1 heterocycles. The largest absolute Gasteiger partial charge is 0.303 e. The van der Waals surface area contributed by atoms with Crippen LogP contribution < -0.4 is 5.32 Å². The van der Waals surface area contributed by atoms with E-state index in [0.29, 0.717) is 0 Å². The van der Waals surface area contributed by atoms with Crippen molar-refractivity contribution >= 4 is 17.3 Å². The van der Waals surface area contributed by atoms with Crippen molar-refractivity contribution in [2.24, 2.45) is 4.99 Å². The van der Waals surface area contributed by atoms with Crippen LogP contribution in [0.2, 0.25) is 0 Å². The molecule has 1 N–H and O–H groups in total. The molecule has 0 aromatic rings. The van der Waals surface area contributed by atoms with Gasteiger partial charge in [-0.05, 0) is 20.0 Å². The van der Waals surface area contributed by atoms with Crippen LogP contribution in [0.1, 0.15) is 6.92 Å². The lowest BCUT2D eigenvalue weighted by molar-refractivity contribution is 0.672. The molecule has 0 saturated carbocycles. The van der Waals surface area contributed by atoms with Gasteiger partial charge in [-0.2, -0.15) is 0 Å². The molecule has 1 aliphatic rings. The number of nitrogens with zero attached hydrogens (tertiary/aromatic N) is 1. The van der Waals surface area contributed by atoms with Crippen molar-refractivity contribution in [3.63, 3.8) is 0 Å². The number of nitrogens with one attached hydrogen (secondary N) is 1. The first-order valence-electron chi connectivity index (χ1n) is 2.83. The lowest BCUT2D eigenvalue weighted by Gasteiger charge is -2.23. The summed E-state index contributed by atoms with van der Waals surface area (Å²) in [5.74, 6) is 0. The average molecular weight is 142 g/mol. The predicted octanol–water partition coefficient (Wildman–Crippen LogP) is 1.21. The molecular formula is C6H10N2S. The van der Waals surface area contributed by atoms with Gasteiger partial charge in [0.25, 0.3) is 0 Å². The Hall–Kier alpha value is -0.280. The maximum atomic E-state index is 3.94. The molecule has 1 unspecified atom stereocenters. The molecule has 0 spiro atoms. The SMILES string of the molecule is CNC1(C)C=CN=CS1. The van der Waals surface area contributed by atoms with Gasteiger partial charge in [-0.25, -0.2) is 0 Å². The summed E-state index contributed by atoms with van der Waals surface area (Å²) in [4.78, 5) is 4.00. The monoisotopic (exact) mass is 142 g/mol. The van der Waals surface area contributed by atoms with E-state index >= 15 is 0 Å². The molecule has 3 heteroatoms. The fourth-order valence-corrected chi connectivity index (χ4v) is 1.15. The van der Waals surface area contributed by atoms with Crippen LogP contribution in [0, 0.1) is 0 Å². The van der Waals surface area contributed by atoms with Gasteiger partial charge in [-0.3, -0.25) is 4.99 Å². The number of likely N-dealkylation sites (N-methyl/N-ethyl adjacent to an activating group) is 1. The van der Waals surface area contributed by atoms with Crippen molar-refractivity contribution < 1.29 is 0 Å². The lowest BCUT2D eigenvalue weighted by atomic mass is 10.3. The molecule has 0 aliphatic carbocycles. The predicted molar refractivity (Wildman–Crippen MR) is 42.7 cm³/mol. The summed E-state index contributed by atoms with van der Waals surface area (Å²) in [6.45, 7) is 2.11. The van der Waals surface area contributed by atoms with Crippen molar-refractivity contribution in [1.29, 1.82) is 0 Å². The van der Waals surface area contributed by atoms with Crippen LogP contribution >= 0.6 is 11.8 Å². The number of hydrogen-bond donors (Lipinski definition) is 1. The Morgan fingerprint density at radius 2 is 2.44 bits per heavy atom. The van der Waals surface area contributed by atoms with Crippen molar-refractivity contribution in [2.75, 3.05) is 7.05 Å². The van der Waals surface area contributed by atoms with Crippen LogP contribution in [0.5, 0.6) is 0 Å². The first-order valence-corrected chi connectivity index (χ1v) is 3.71. The van der Waals surface area contributed by atoms with E-state index in [1.165, 1.54) is 0 Å². The Bertz CT molecular complexity index is 153. The second-order valence-corrected chi connectivity index (χ2v) is 3.34. The van der Waals surface area contributed by atoms with E-state index in [1.807, 2.05) is 24.9 Å². The highest BCUT2D eigenvalue weighted by Crippen LogP contribution is 2.23. The van der Waals surface area contributed by atoms with E-state index in [0.717, 1.165) is 0 Å². The number of thioether (sulfide) groups is 1. The summed E-state index contributed by atoms with van der Waals surface area (Å²) in [7, 11) is 1.94. The van der Waals surface area contributed by atoms with Crippen LogP contribution in [0.3, 0.4) is 0 Å². The summed E-state index contributed by atoms with van der Waals surface area (Å²) in [5.41, 5.74) is 1.84. The smallest absolute Gasteiger partial charge is 0.0874 e. The molecule has 1 rings (SSSR count). The normalized spacial score (nSPS) is 33.1. The quantitative estimate of drug-likeness (QED) is 0.595. The highest BCUT2D eigenvalue weighted by Gasteiger charge is 2.18. The van der Waals surface area contributed by atoms with Crippen molar-refractivity contribution in [3.05, 3.63) is 12.3 Å². The number of hydrogen-bond acceptors (Lipinski definition) is 3.